The molecule has 1 aliphatic rings. The van der Waals surface area contributed by atoms with Gasteiger partial charge < -0.3 is 10.2 Å². The van der Waals surface area contributed by atoms with Gasteiger partial charge in [0.2, 0.25) is 11.8 Å². The number of hydrogen-bond acceptors (Lipinski definition) is 2. The minimum Gasteiger partial charge on any atom is -0.353 e. The molecule has 0 bridgehead atoms. The van der Waals surface area contributed by atoms with Crippen LogP contribution in [0.4, 0.5) is 0 Å². The summed E-state index contributed by atoms with van der Waals surface area (Å²) < 4.78 is 0. The first kappa shape index (κ1) is 15.0. The lowest BCUT2D eigenvalue weighted by Crippen LogP contribution is -2.49. The number of carbonyl (C=O) groups is 2. The summed E-state index contributed by atoms with van der Waals surface area (Å²) in [5, 5.41) is 2.73. The molecule has 0 radical (unpaired) electrons. The van der Waals surface area contributed by atoms with Crippen LogP contribution in [0, 0.1) is 0 Å². The van der Waals surface area contributed by atoms with Crippen molar-refractivity contribution >= 4 is 11.8 Å². The molecule has 0 atom stereocenters. The van der Waals surface area contributed by atoms with Crippen molar-refractivity contribution < 1.29 is 9.59 Å². The first-order valence-electron chi connectivity index (χ1n) is 7.28. The Morgan fingerprint density at radius 1 is 1.17 bits per heavy atom. The molecule has 0 aromatic heterocycles. The molecule has 0 aliphatic carbocycles. The van der Waals surface area contributed by atoms with Crippen LogP contribution in [0.1, 0.15) is 58.3 Å². The van der Waals surface area contributed by atoms with Crippen LogP contribution in [-0.2, 0) is 9.59 Å². The van der Waals surface area contributed by atoms with Gasteiger partial charge in [-0.3, -0.25) is 9.59 Å². The summed E-state index contributed by atoms with van der Waals surface area (Å²) in [4.78, 5) is 24.7. The number of rotatable bonds is 8. The highest BCUT2D eigenvalue weighted by molar-refractivity contribution is 5.85. The number of carbonyl (C=O) groups excluding carboxylic acids is 2. The second kappa shape index (κ2) is 8.95. The van der Waals surface area contributed by atoms with Gasteiger partial charge in [0.05, 0.1) is 6.54 Å². The van der Waals surface area contributed by atoms with E-state index in [4.69, 9.17) is 0 Å². The van der Waals surface area contributed by atoms with Gasteiger partial charge >= 0.3 is 0 Å². The van der Waals surface area contributed by atoms with Crippen LogP contribution in [0.3, 0.4) is 0 Å². The van der Waals surface area contributed by atoms with E-state index in [0.717, 1.165) is 12.8 Å². The standard InChI is InChI=1S/C14H26N2O2/c1-2-3-4-5-6-7-8-9-14(18)16-11-10-15-13(17)12-16/h2-12H2,1H3,(H,15,17). The summed E-state index contributed by atoms with van der Waals surface area (Å²) in [6.07, 6.45) is 9.12. The molecule has 1 heterocycles. The highest BCUT2D eigenvalue weighted by atomic mass is 16.2. The van der Waals surface area contributed by atoms with E-state index in [-0.39, 0.29) is 18.4 Å². The van der Waals surface area contributed by atoms with E-state index in [2.05, 4.69) is 12.2 Å². The van der Waals surface area contributed by atoms with E-state index in [1.807, 2.05) is 0 Å². The molecule has 4 heteroatoms. The maximum atomic E-state index is 11.8. The highest BCUT2D eigenvalue weighted by Crippen LogP contribution is 2.09. The molecule has 0 aromatic carbocycles. The summed E-state index contributed by atoms with van der Waals surface area (Å²) in [7, 11) is 0. The number of amides is 2. The quantitative estimate of drug-likeness (QED) is 0.674. The molecule has 1 fully saturated rings. The predicted molar refractivity (Wildman–Crippen MR) is 72.2 cm³/mol. The molecule has 0 unspecified atom stereocenters. The van der Waals surface area contributed by atoms with Gasteiger partial charge in [0.1, 0.15) is 0 Å². The van der Waals surface area contributed by atoms with Crippen LogP contribution in [0.15, 0.2) is 0 Å². The molecular formula is C14H26N2O2. The molecule has 0 aromatic rings. The number of piperazine rings is 1. The third-order valence-corrected chi connectivity index (χ3v) is 3.39. The molecule has 18 heavy (non-hydrogen) atoms. The van der Waals surface area contributed by atoms with E-state index in [1.165, 1.54) is 32.1 Å². The third-order valence-electron chi connectivity index (χ3n) is 3.39. The second-order valence-electron chi connectivity index (χ2n) is 5.04. The molecule has 1 rings (SSSR count). The van der Waals surface area contributed by atoms with E-state index in [9.17, 15) is 9.59 Å². The van der Waals surface area contributed by atoms with Crippen molar-refractivity contribution in [3.05, 3.63) is 0 Å². The molecule has 1 aliphatic heterocycles. The number of nitrogens with zero attached hydrogens (tertiary/aromatic N) is 1. The fourth-order valence-corrected chi connectivity index (χ4v) is 2.24. The first-order chi connectivity index (χ1) is 8.74. The normalized spacial score (nSPS) is 15.6. The topological polar surface area (TPSA) is 49.4 Å². The first-order valence-corrected chi connectivity index (χ1v) is 7.28. The van der Waals surface area contributed by atoms with Gasteiger partial charge in [-0.15, -0.1) is 0 Å². The van der Waals surface area contributed by atoms with E-state index in [0.29, 0.717) is 19.5 Å². The van der Waals surface area contributed by atoms with E-state index in [1.54, 1.807) is 4.90 Å². The number of nitrogens with one attached hydrogen (secondary N) is 1. The maximum absolute atomic E-state index is 11.8. The summed E-state index contributed by atoms with van der Waals surface area (Å²) in [6.45, 7) is 3.73. The zero-order valence-electron chi connectivity index (χ0n) is 11.5. The second-order valence-corrected chi connectivity index (χ2v) is 5.04. The van der Waals surface area contributed by atoms with Crippen molar-refractivity contribution in [2.24, 2.45) is 0 Å². The Bertz CT molecular complexity index is 267. The zero-order chi connectivity index (χ0) is 13.2. The van der Waals surface area contributed by atoms with E-state index < -0.39 is 0 Å². The SMILES string of the molecule is CCCCCCCCCC(=O)N1CCNC(=O)C1. The van der Waals surface area contributed by atoms with Crippen LogP contribution in [0.25, 0.3) is 0 Å². The van der Waals surface area contributed by atoms with Crippen molar-refractivity contribution in [1.82, 2.24) is 10.2 Å². The highest BCUT2D eigenvalue weighted by Gasteiger charge is 2.20. The lowest BCUT2D eigenvalue weighted by molar-refractivity contribution is -0.138. The molecular weight excluding hydrogens is 228 g/mol. The summed E-state index contributed by atoms with van der Waals surface area (Å²) in [5.74, 6) is 0.104. The van der Waals surface area contributed by atoms with Gasteiger partial charge in [0, 0.05) is 19.5 Å². The van der Waals surface area contributed by atoms with Crippen LogP contribution < -0.4 is 5.32 Å². The van der Waals surface area contributed by atoms with E-state index >= 15 is 0 Å². The van der Waals surface area contributed by atoms with Gasteiger partial charge in [-0.25, -0.2) is 0 Å². The average molecular weight is 254 g/mol. The Balaban J connectivity index is 2.01. The average Bonchev–Trinajstić information content (AvgIpc) is 2.37. The van der Waals surface area contributed by atoms with Crippen molar-refractivity contribution in [2.45, 2.75) is 58.3 Å². The minimum absolute atomic E-state index is 0.0332. The monoisotopic (exact) mass is 254 g/mol. The Hall–Kier alpha value is -1.06. The van der Waals surface area contributed by atoms with Gasteiger partial charge in [-0.2, -0.15) is 0 Å². The van der Waals surface area contributed by atoms with Gasteiger partial charge in [0.15, 0.2) is 0 Å². The molecule has 4 nitrogen and oxygen atoms in total. The molecule has 104 valence electrons. The Morgan fingerprint density at radius 2 is 1.83 bits per heavy atom. The largest absolute Gasteiger partial charge is 0.353 e. The van der Waals surface area contributed by atoms with Gasteiger partial charge in [-0.05, 0) is 6.42 Å². The number of unbranched alkanes of at least 4 members (excludes halogenated alkanes) is 6. The lowest BCUT2D eigenvalue weighted by atomic mass is 10.1. The fourth-order valence-electron chi connectivity index (χ4n) is 2.24. The summed E-state index contributed by atoms with van der Waals surface area (Å²) >= 11 is 0. The lowest BCUT2D eigenvalue weighted by Gasteiger charge is -2.26. The van der Waals surface area contributed by atoms with Crippen LogP contribution in [-0.4, -0.2) is 36.3 Å². The third kappa shape index (κ3) is 6.03. The Kier molecular flexibility index (Phi) is 7.46. The molecule has 2 amide bonds. The zero-order valence-corrected chi connectivity index (χ0v) is 11.5. The van der Waals surface area contributed by atoms with Crippen molar-refractivity contribution in [2.75, 3.05) is 19.6 Å². The molecule has 1 N–H and O–H groups in total. The van der Waals surface area contributed by atoms with Crippen LogP contribution in [0.2, 0.25) is 0 Å². The predicted octanol–water partition coefficient (Wildman–Crippen LogP) is 2.09. The minimum atomic E-state index is -0.0332. The van der Waals surface area contributed by atoms with Crippen molar-refractivity contribution in [3.63, 3.8) is 0 Å². The van der Waals surface area contributed by atoms with Crippen molar-refractivity contribution in [3.8, 4) is 0 Å². The van der Waals surface area contributed by atoms with Gasteiger partial charge in [-0.1, -0.05) is 45.4 Å². The molecule has 0 saturated carbocycles. The van der Waals surface area contributed by atoms with Crippen molar-refractivity contribution in [1.29, 1.82) is 0 Å². The van der Waals surface area contributed by atoms with Crippen LogP contribution >= 0.6 is 0 Å². The molecule has 0 spiro atoms. The Morgan fingerprint density at radius 3 is 2.50 bits per heavy atom. The van der Waals surface area contributed by atoms with Crippen LogP contribution in [0.5, 0.6) is 0 Å². The van der Waals surface area contributed by atoms with Gasteiger partial charge in [0.25, 0.3) is 0 Å². The smallest absolute Gasteiger partial charge is 0.239 e. The summed E-state index contributed by atoms with van der Waals surface area (Å²) in [5.41, 5.74) is 0. The fraction of sp³-hybridized carbons (Fsp3) is 0.857. The molecule has 1 saturated heterocycles. The number of hydrogen-bond donors (Lipinski definition) is 1. The Labute approximate surface area is 110 Å². The summed E-state index contributed by atoms with van der Waals surface area (Å²) in [6, 6.07) is 0. The maximum Gasteiger partial charge on any atom is 0.239 e.